The van der Waals surface area contributed by atoms with Crippen molar-refractivity contribution < 1.29 is 0 Å². The van der Waals surface area contributed by atoms with E-state index >= 15 is 0 Å². The van der Waals surface area contributed by atoms with Crippen molar-refractivity contribution in [2.45, 2.75) is 18.4 Å². The molecule has 0 saturated carbocycles. The second kappa shape index (κ2) is 4.37. The second-order valence-corrected chi connectivity index (χ2v) is 5.47. The lowest BCUT2D eigenvalue weighted by Gasteiger charge is -2.33. The smallest absolute Gasteiger partial charge is 0.0541 e. The molecule has 1 saturated heterocycles. The van der Waals surface area contributed by atoms with E-state index < -0.39 is 0 Å². The largest absolute Gasteiger partial charge is 0.350 e. The first kappa shape index (κ1) is 11.7. The molecule has 1 aliphatic rings. The number of fused-ring (bicyclic) bond motifs is 1. The second-order valence-electron chi connectivity index (χ2n) is 5.47. The summed E-state index contributed by atoms with van der Waals surface area (Å²) < 4.78 is 2.15. The third kappa shape index (κ3) is 1.91. The molecule has 3 rings (SSSR count). The Morgan fingerprint density at radius 2 is 2.11 bits per heavy atom. The molecule has 0 bridgehead atoms. The highest BCUT2D eigenvalue weighted by Crippen LogP contribution is 2.29. The van der Waals surface area contributed by atoms with Crippen LogP contribution in [0.3, 0.4) is 0 Å². The molecule has 2 aromatic rings. The molecule has 96 valence electrons. The average molecular weight is 244 g/mol. The molecule has 0 aromatic carbocycles. The van der Waals surface area contributed by atoms with E-state index in [0.717, 1.165) is 19.5 Å². The summed E-state index contributed by atoms with van der Waals surface area (Å²) in [5, 5.41) is 1.27. The zero-order valence-electron chi connectivity index (χ0n) is 11.0. The summed E-state index contributed by atoms with van der Waals surface area (Å²) in [4.78, 5) is 6.93. The Labute approximate surface area is 107 Å². The number of aromatic nitrogens is 2. The van der Waals surface area contributed by atoms with Gasteiger partial charge < -0.3 is 15.2 Å². The highest BCUT2D eigenvalue weighted by Gasteiger charge is 2.26. The van der Waals surface area contributed by atoms with Crippen LogP contribution in [0.5, 0.6) is 0 Å². The Kier molecular flexibility index (Phi) is 2.84. The molecule has 2 unspecified atom stereocenters. The van der Waals surface area contributed by atoms with Crippen molar-refractivity contribution in [1.29, 1.82) is 0 Å². The van der Waals surface area contributed by atoms with Crippen molar-refractivity contribution >= 4 is 10.9 Å². The molecule has 3 heterocycles. The van der Waals surface area contributed by atoms with Crippen LogP contribution in [0.15, 0.2) is 24.5 Å². The molecule has 0 spiro atoms. The summed E-state index contributed by atoms with van der Waals surface area (Å²) in [6.07, 6.45) is 5.05. The highest BCUT2D eigenvalue weighted by atomic mass is 15.1. The molecule has 2 N–H and O–H groups in total. The van der Waals surface area contributed by atoms with Crippen LogP contribution >= 0.6 is 0 Å². The van der Waals surface area contributed by atoms with Crippen LogP contribution in [-0.4, -0.2) is 40.6 Å². The zero-order chi connectivity index (χ0) is 12.7. The number of nitrogens with two attached hydrogens (primary N) is 1. The first-order chi connectivity index (χ1) is 8.65. The third-order valence-electron chi connectivity index (χ3n) is 3.89. The maximum atomic E-state index is 6.13. The van der Waals surface area contributed by atoms with Crippen LogP contribution in [0.2, 0.25) is 0 Å². The summed E-state index contributed by atoms with van der Waals surface area (Å²) in [5.74, 6) is 0.449. The van der Waals surface area contributed by atoms with Gasteiger partial charge in [0.1, 0.15) is 0 Å². The van der Waals surface area contributed by atoms with Crippen molar-refractivity contribution in [3.05, 3.63) is 30.2 Å². The Hall–Kier alpha value is -1.39. The van der Waals surface area contributed by atoms with Gasteiger partial charge in [0, 0.05) is 49.9 Å². The van der Waals surface area contributed by atoms with Gasteiger partial charge >= 0.3 is 0 Å². The van der Waals surface area contributed by atoms with E-state index in [9.17, 15) is 0 Å². The van der Waals surface area contributed by atoms with Gasteiger partial charge in [0.2, 0.25) is 0 Å². The number of nitrogens with zero attached hydrogens (tertiary/aromatic N) is 3. The van der Waals surface area contributed by atoms with E-state index in [0.29, 0.717) is 5.92 Å². The minimum absolute atomic E-state index is 0.259. The predicted molar refractivity (Wildman–Crippen MR) is 73.5 cm³/mol. The topological polar surface area (TPSA) is 47.1 Å². The molecule has 4 nitrogen and oxygen atoms in total. The predicted octanol–water partition coefficient (Wildman–Crippen LogP) is 1.32. The van der Waals surface area contributed by atoms with Crippen molar-refractivity contribution in [2.75, 3.05) is 20.1 Å². The first-order valence-electron chi connectivity index (χ1n) is 6.49. The lowest BCUT2D eigenvalue weighted by atomic mass is 9.90. The maximum absolute atomic E-state index is 6.13. The molecule has 0 radical (unpaired) electrons. The van der Waals surface area contributed by atoms with Crippen LogP contribution in [0.4, 0.5) is 0 Å². The lowest BCUT2D eigenvalue weighted by molar-refractivity contribution is 0.225. The molecular formula is C14H20N4. The molecule has 18 heavy (non-hydrogen) atoms. The average Bonchev–Trinajstić information content (AvgIpc) is 2.70. The summed E-state index contributed by atoms with van der Waals surface area (Å²) in [5.41, 5.74) is 8.58. The Morgan fingerprint density at radius 1 is 1.28 bits per heavy atom. The summed E-state index contributed by atoms with van der Waals surface area (Å²) in [6.45, 7) is 2.04. The Balaban J connectivity index is 2.03. The van der Waals surface area contributed by atoms with Crippen molar-refractivity contribution in [2.24, 2.45) is 12.8 Å². The van der Waals surface area contributed by atoms with Gasteiger partial charge in [-0.15, -0.1) is 0 Å². The van der Waals surface area contributed by atoms with Gasteiger partial charge in [-0.1, -0.05) is 0 Å². The van der Waals surface area contributed by atoms with Crippen LogP contribution in [0, 0.1) is 0 Å². The number of pyridine rings is 1. The van der Waals surface area contributed by atoms with E-state index in [1.54, 1.807) is 0 Å². The molecule has 4 heteroatoms. The first-order valence-corrected chi connectivity index (χ1v) is 6.49. The van der Waals surface area contributed by atoms with Gasteiger partial charge in [0.05, 0.1) is 11.2 Å². The van der Waals surface area contributed by atoms with E-state index in [-0.39, 0.29) is 6.04 Å². The number of piperidine rings is 1. The zero-order valence-corrected chi connectivity index (χ0v) is 11.0. The van der Waals surface area contributed by atoms with Gasteiger partial charge in [-0.25, -0.2) is 0 Å². The van der Waals surface area contributed by atoms with Gasteiger partial charge in [0.25, 0.3) is 0 Å². The number of hydrogen-bond acceptors (Lipinski definition) is 3. The molecule has 1 aliphatic heterocycles. The fourth-order valence-corrected chi connectivity index (χ4v) is 3.11. The number of likely N-dealkylation sites (N-methyl/N-ethyl adjacent to an activating group) is 1. The van der Waals surface area contributed by atoms with E-state index in [1.807, 2.05) is 6.20 Å². The fraction of sp³-hybridized carbons (Fsp3) is 0.500. The highest BCUT2D eigenvalue weighted by molar-refractivity contribution is 5.82. The standard InChI is InChI=1S/C14H20N4/c1-17-8-10(7-11(15)9-17)14-12-4-6-18(2)13(12)3-5-16-14/h3-6,10-11H,7-9,15H2,1-2H3. The SMILES string of the molecule is CN1CC(N)CC(c2nccc3c2ccn3C)C1. The summed E-state index contributed by atoms with van der Waals surface area (Å²) >= 11 is 0. The van der Waals surface area contributed by atoms with Crippen LogP contribution in [0.25, 0.3) is 10.9 Å². The Bertz CT molecular complexity index is 550. The number of rotatable bonds is 1. The minimum Gasteiger partial charge on any atom is -0.350 e. The van der Waals surface area contributed by atoms with Crippen LogP contribution < -0.4 is 5.73 Å². The van der Waals surface area contributed by atoms with E-state index in [4.69, 9.17) is 5.73 Å². The monoisotopic (exact) mass is 244 g/mol. The van der Waals surface area contributed by atoms with Crippen molar-refractivity contribution in [3.63, 3.8) is 0 Å². The summed E-state index contributed by atoms with van der Waals surface area (Å²) in [6, 6.07) is 4.50. The Morgan fingerprint density at radius 3 is 2.89 bits per heavy atom. The number of aryl methyl sites for hydroxylation is 1. The quantitative estimate of drug-likeness (QED) is 0.823. The van der Waals surface area contributed by atoms with Gasteiger partial charge in [-0.3, -0.25) is 4.98 Å². The minimum atomic E-state index is 0.259. The van der Waals surface area contributed by atoms with E-state index in [1.165, 1.54) is 16.6 Å². The molecule has 1 fully saturated rings. The van der Waals surface area contributed by atoms with Crippen molar-refractivity contribution in [3.8, 4) is 0 Å². The molecule has 2 aromatic heterocycles. The molecule has 0 amide bonds. The number of hydrogen-bond donors (Lipinski definition) is 1. The van der Waals surface area contributed by atoms with Gasteiger partial charge in [-0.05, 0) is 25.6 Å². The fourth-order valence-electron chi connectivity index (χ4n) is 3.11. The van der Waals surface area contributed by atoms with Crippen molar-refractivity contribution in [1.82, 2.24) is 14.5 Å². The third-order valence-corrected chi connectivity index (χ3v) is 3.89. The molecular weight excluding hydrogens is 224 g/mol. The molecule has 0 aliphatic carbocycles. The van der Waals surface area contributed by atoms with Crippen LogP contribution in [0.1, 0.15) is 18.0 Å². The number of likely N-dealkylation sites (tertiary alicyclic amines) is 1. The normalized spacial score (nSPS) is 25.7. The molecule has 2 atom stereocenters. The maximum Gasteiger partial charge on any atom is 0.0541 e. The van der Waals surface area contributed by atoms with E-state index in [2.05, 4.69) is 46.9 Å². The van der Waals surface area contributed by atoms with Crippen LogP contribution in [-0.2, 0) is 7.05 Å². The lowest BCUT2D eigenvalue weighted by Crippen LogP contribution is -2.44. The van der Waals surface area contributed by atoms with Gasteiger partial charge in [-0.2, -0.15) is 0 Å². The summed E-state index contributed by atoms with van der Waals surface area (Å²) in [7, 11) is 4.21. The van der Waals surface area contributed by atoms with Gasteiger partial charge in [0.15, 0.2) is 0 Å².